The number of hydrogen-bond donors (Lipinski definition) is 1. The van der Waals surface area contributed by atoms with E-state index in [1.54, 1.807) is 0 Å². The second-order valence-corrected chi connectivity index (χ2v) is 5.02. The Morgan fingerprint density at radius 2 is 2.35 bits per heavy atom. The summed E-state index contributed by atoms with van der Waals surface area (Å²) in [4.78, 5) is 4.31. The van der Waals surface area contributed by atoms with E-state index < -0.39 is 0 Å². The van der Waals surface area contributed by atoms with Crippen molar-refractivity contribution >= 4 is 5.69 Å². The molecule has 20 heavy (non-hydrogen) atoms. The molecule has 1 aromatic carbocycles. The van der Waals surface area contributed by atoms with Crippen molar-refractivity contribution in [2.45, 2.75) is 32.7 Å². The smallest absolute Gasteiger partial charge is 0.0951 e. The third kappa shape index (κ3) is 2.42. The van der Waals surface area contributed by atoms with Crippen LogP contribution in [0.1, 0.15) is 25.3 Å². The van der Waals surface area contributed by atoms with Crippen molar-refractivity contribution in [1.29, 1.82) is 0 Å². The van der Waals surface area contributed by atoms with Crippen molar-refractivity contribution in [3.63, 3.8) is 0 Å². The lowest BCUT2D eigenvalue weighted by molar-refractivity contribution is 0.724. The van der Waals surface area contributed by atoms with Crippen LogP contribution in [0.2, 0.25) is 0 Å². The predicted molar refractivity (Wildman–Crippen MR) is 82.5 cm³/mol. The molecule has 3 nitrogen and oxygen atoms in total. The Kier molecular flexibility index (Phi) is 3.73. The molecule has 2 aromatic rings. The summed E-state index contributed by atoms with van der Waals surface area (Å²) in [5.74, 6) is 6.06. The summed E-state index contributed by atoms with van der Waals surface area (Å²) in [6.07, 6.45) is 7.08. The number of benzene rings is 1. The van der Waals surface area contributed by atoms with Crippen molar-refractivity contribution in [2.24, 2.45) is 0 Å². The monoisotopic (exact) mass is 265 g/mol. The number of para-hydroxylation sites is 1. The molecule has 0 fully saturated rings. The lowest BCUT2D eigenvalue weighted by Crippen LogP contribution is -2.13. The molecule has 0 aliphatic carbocycles. The van der Waals surface area contributed by atoms with Gasteiger partial charge in [-0.25, -0.2) is 4.98 Å². The van der Waals surface area contributed by atoms with Crippen molar-refractivity contribution in [1.82, 2.24) is 9.55 Å². The summed E-state index contributed by atoms with van der Waals surface area (Å²) < 4.78 is 2.19. The summed E-state index contributed by atoms with van der Waals surface area (Å²) in [7, 11) is 0. The fourth-order valence-electron chi connectivity index (χ4n) is 2.75. The molecule has 0 saturated heterocycles. The number of aryl methyl sites for hydroxylation is 2. The highest BCUT2D eigenvalue weighted by Crippen LogP contribution is 2.33. The molecule has 0 saturated carbocycles. The van der Waals surface area contributed by atoms with Crippen molar-refractivity contribution in [3.8, 4) is 23.1 Å². The van der Waals surface area contributed by atoms with Crippen LogP contribution >= 0.6 is 0 Å². The van der Waals surface area contributed by atoms with Crippen LogP contribution in [0.25, 0.3) is 11.3 Å². The zero-order valence-electron chi connectivity index (χ0n) is 11.8. The standard InChI is InChI=1S/C17H19N3/c1-2-3-4-11-20-13-18-12-16(20)15-9-5-7-14-8-6-10-19-17(14)15/h5,7,9,12-13,19H,4,6,8,10-11H2,1H3. The van der Waals surface area contributed by atoms with E-state index in [9.17, 15) is 0 Å². The fourth-order valence-corrected chi connectivity index (χ4v) is 2.75. The largest absolute Gasteiger partial charge is 0.384 e. The van der Waals surface area contributed by atoms with Gasteiger partial charge in [-0.1, -0.05) is 18.2 Å². The number of aromatic nitrogens is 2. The normalized spacial score (nSPS) is 13.1. The Balaban J connectivity index is 1.96. The summed E-state index contributed by atoms with van der Waals surface area (Å²) in [6.45, 7) is 3.83. The molecule has 1 aliphatic rings. The average Bonchev–Trinajstić information content (AvgIpc) is 2.95. The zero-order chi connectivity index (χ0) is 13.8. The molecule has 3 rings (SSSR count). The first-order valence-corrected chi connectivity index (χ1v) is 7.16. The van der Waals surface area contributed by atoms with Gasteiger partial charge < -0.3 is 9.88 Å². The van der Waals surface area contributed by atoms with E-state index in [4.69, 9.17) is 0 Å². The minimum absolute atomic E-state index is 0.863. The molecule has 0 bridgehead atoms. The number of hydrogen-bond acceptors (Lipinski definition) is 2. The van der Waals surface area contributed by atoms with Crippen LogP contribution in [0.15, 0.2) is 30.7 Å². The fraction of sp³-hybridized carbons (Fsp3) is 0.353. The van der Waals surface area contributed by atoms with E-state index in [1.807, 2.05) is 19.4 Å². The molecule has 0 atom stereocenters. The number of nitrogens with zero attached hydrogens (tertiary/aromatic N) is 2. The van der Waals surface area contributed by atoms with E-state index in [1.165, 1.54) is 28.9 Å². The molecule has 0 radical (unpaired) electrons. The Bertz CT molecular complexity index is 658. The first-order valence-electron chi connectivity index (χ1n) is 7.16. The molecule has 3 heteroatoms. The highest BCUT2D eigenvalue weighted by Gasteiger charge is 2.15. The highest BCUT2D eigenvalue weighted by atomic mass is 15.0. The molecule has 0 amide bonds. The lowest BCUT2D eigenvalue weighted by Gasteiger charge is -2.21. The van der Waals surface area contributed by atoms with Crippen LogP contribution in [-0.2, 0) is 13.0 Å². The van der Waals surface area contributed by atoms with Crippen LogP contribution in [0.5, 0.6) is 0 Å². The minimum Gasteiger partial charge on any atom is -0.384 e. The van der Waals surface area contributed by atoms with Crippen LogP contribution in [0.3, 0.4) is 0 Å². The first kappa shape index (κ1) is 12.8. The number of imidazole rings is 1. The third-order valence-corrected chi connectivity index (χ3v) is 3.72. The van der Waals surface area contributed by atoms with Gasteiger partial charge in [-0.2, -0.15) is 0 Å². The van der Waals surface area contributed by atoms with E-state index in [-0.39, 0.29) is 0 Å². The van der Waals surface area contributed by atoms with Crippen LogP contribution in [0, 0.1) is 11.8 Å². The molecule has 1 aromatic heterocycles. The summed E-state index contributed by atoms with van der Waals surface area (Å²) in [5.41, 5.74) is 5.12. The van der Waals surface area contributed by atoms with Gasteiger partial charge in [0.15, 0.2) is 0 Å². The van der Waals surface area contributed by atoms with Gasteiger partial charge in [0.1, 0.15) is 0 Å². The summed E-state index contributed by atoms with van der Waals surface area (Å²) >= 11 is 0. The quantitative estimate of drug-likeness (QED) is 0.863. The molecule has 2 heterocycles. The van der Waals surface area contributed by atoms with Crippen LogP contribution in [0.4, 0.5) is 5.69 Å². The molecular formula is C17H19N3. The van der Waals surface area contributed by atoms with Crippen molar-refractivity contribution < 1.29 is 0 Å². The molecule has 1 N–H and O–H groups in total. The number of anilines is 1. The van der Waals surface area contributed by atoms with Crippen LogP contribution < -0.4 is 5.32 Å². The second kappa shape index (κ2) is 5.83. The van der Waals surface area contributed by atoms with Gasteiger partial charge in [0, 0.05) is 30.8 Å². The number of nitrogens with one attached hydrogen (secondary N) is 1. The van der Waals surface area contributed by atoms with Gasteiger partial charge in [0.25, 0.3) is 0 Å². The Labute approximate surface area is 120 Å². The SMILES string of the molecule is CC#CCCn1cncc1-c1cccc2c1NCCC2. The van der Waals surface area contributed by atoms with E-state index in [2.05, 4.69) is 44.9 Å². The van der Waals surface area contributed by atoms with Gasteiger partial charge in [-0.15, -0.1) is 11.8 Å². The number of fused-ring (bicyclic) bond motifs is 1. The average molecular weight is 265 g/mol. The van der Waals surface area contributed by atoms with E-state index >= 15 is 0 Å². The summed E-state index contributed by atoms with van der Waals surface area (Å²) in [6, 6.07) is 6.54. The van der Waals surface area contributed by atoms with Gasteiger partial charge in [0.05, 0.1) is 18.2 Å². The Morgan fingerprint density at radius 3 is 3.25 bits per heavy atom. The number of rotatable bonds is 3. The molecule has 0 spiro atoms. The summed E-state index contributed by atoms with van der Waals surface area (Å²) in [5, 5.41) is 3.54. The Hall–Kier alpha value is -2.21. The highest BCUT2D eigenvalue weighted by molar-refractivity contribution is 5.78. The predicted octanol–water partition coefficient (Wildman–Crippen LogP) is 3.32. The third-order valence-electron chi connectivity index (χ3n) is 3.72. The second-order valence-electron chi connectivity index (χ2n) is 5.02. The minimum atomic E-state index is 0.863. The van der Waals surface area contributed by atoms with Crippen LogP contribution in [-0.4, -0.2) is 16.1 Å². The Morgan fingerprint density at radius 1 is 1.40 bits per heavy atom. The van der Waals surface area contributed by atoms with E-state index in [0.717, 1.165) is 25.9 Å². The van der Waals surface area contributed by atoms with Gasteiger partial charge >= 0.3 is 0 Å². The maximum Gasteiger partial charge on any atom is 0.0951 e. The van der Waals surface area contributed by atoms with Crippen molar-refractivity contribution in [3.05, 3.63) is 36.3 Å². The van der Waals surface area contributed by atoms with Gasteiger partial charge in [-0.3, -0.25) is 0 Å². The topological polar surface area (TPSA) is 29.9 Å². The first-order chi connectivity index (χ1) is 9.90. The maximum atomic E-state index is 4.31. The van der Waals surface area contributed by atoms with E-state index in [0.29, 0.717) is 0 Å². The maximum absolute atomic E-state index is 4.31. The van der Waals surface area contributed by atoms with Gasteiger partial charge in [-0.05, 0) is 25.3 Å². The molecular weight excluding hydrogens is 246 g/mol. The molecule has 1 aliphatic heterocycles. The lowest BCUT2D eigenvalue weighted by atomic mass is 9.98. The zero-order valence-corrected chi connectivity index (χ0v) is 11.8. The molecule has 0 unspecified atom stereocenters. The van der Waals surface area contributed by atoms with Crippen molar-refractivity contribution in [2.75, 3.05) is 11.9 Å². The molecule has 102 valence electrons. The van der Waals surface area contributed by atoms with Gasteiger partial charge in [0.2, 0.25) is 0 Å².